The second-order valence-electron chi connectivity index (χ2n) is 5.33. The number of nitrogens with zero attached hydrogens (tertiary/aromatic N) is 5. The molecule has 0 aliphatic carbocycles. The first-order valence-electron chi connectivity index (χ1n) is 7.66. The van der Waals surface area contributed by atoms with E-state index in [0.717, 1.165) is 5.69 Å². The topological polar surface area (TPSA) is 94.2 Å². The van der Waals surface area contributed by atoms with E-state index in [4.69, 9.17) is 17.0 Å². The van der Waals surface area contributed by atoms with Crippen molar-refractivity contribution in [2.75, 3.05) is 0 Å². The van der Waals surface area contributed by atoms with Crippen LogP contribution >= 0.6 is 23.8 Å². The molecule has 11 heteroatoms. The number of aromatic nitrogens is 2. The molecule has 0 atom stereocenters. The van der Waals surface area contributed by atoms with Gasteiger partial charge in [-0.2, -0.15) is 5.16 Å². The first-order chi connectivity index (χ1) is 12.9. The number of benzene rings is 2. The third-order valence-electron chi connectivity index (χ3n) is 3.72. The number of isothiocyanates is 1. The molecule has 0 unspecified atom stereocenters. The molecule has 0 radical (unpaired) electrons. The number of hydrogen-bond donors (Lipinski definition) is 1. The van der Waals surface area contributed by atoms with Crippen molar-refractivity contribution in [2.45, 2.75) is 6.92 Å². The summed E-state index contributed by atoms with van der Waals surface area (Å²) in [6, 6.07) is 13.7. The SMILES string of the molecule is Cc1c(N=Nc2cc(Cl)ccc2O)c(=O)n(-c2ccccc2)n1C.[Cl-].[N-]=C=S.[Ni+2]. The van der Waals surface area contributed by atoms with Gasteiger partial charge in [-0.25, -0.2) is 4.68 Å². The van der Waals surface area contributed by atoms with Gasteiger partial charge in [0.2, 0.25) is 0 Å². The van der Waals surface area contributed by atoms with E-state index in [2.05, 4.69) is 22.4 Å². The van der Waals surface area contributed by atoms with Crippen LogP contribution in [0.3, 0.4) is 0 Å². The van der Waals surface area contributed by atoms with Crippen molar-refractivity contribution >= 4 is 40.4 Å². The van der Waals surface area contributed by atoms with Gasteiger partial charge in [-0.1, -0.05) is 42.0 Å². The summed E-state index contributed by atoms with van der Waals surface area (Å²) in [6.45, 7) is 1.78. The van der Waals surface area contributed by atoms with Crippen LogP contribution in [0.2, 0.25) is 5.02 Å². The van der Waals surface area contributed by atoms with Crippen molar-refractivity contribution in [1.29, 1.82) is 0 Å². The Hall–Kier alpha value is -2.28. The van der Waals surface area contributed by atoms with E-state index >= 15 is 0 Å². The number of aromatic hydroxyl groups is 1. The number of phenolic OH excluding ortho intramolecular Hbond substituents is 1. The van der Waals surface area contributed by atoms with Gasteiger partial charge in [0.1, 0.15) is 11.4 Å². The van der Waals surface area contributed by atoms with Gasteiger partial charge >= 0.3 is 16.5 Å². The molecular weight excluding hydrogens is 480 g/mol. The Bertz CT molecular complexity index is 1080. The maximum absolute atomic E-state index is 12.7. The summed E-state index contributed by atoms with van der Waals surface area (Å²) in [4.78, 5) is 12.7. The van der Waals surface area contributed by atoms with Crippen LogP contribution in [-0.2, 0) is 23.5 Å². The summed E-state index contributed by atoms with van der Waals surface area (Å²) < 4.78 is 3.23. The minimum atomic E-state index is -0.286. The number of phenols is 1. The molecular formula is C18H15Cl2N5NiO2S. The van der Waals surface area contributed by atoms with Crippen molar-refractivity contribution in [3.8, 4) is 11.4 Å². The van der Waals surface area contributed by atoms with Crippen LogP contribution in [0.5, 0.6) is 5.75 Å². The van der Waals surface area contributed by atoms with Crippen LogP contribution in [0.15, 0.2) is 63.6 Å². The molecule has 3 rings (SSSR count). The molecule has 0 fully saturated rings. The Kier molecular flexibility index (Phi) is 11.4. The summed E-state index contributed by atoms with van der Waals surface area (Å²) in [7, 11) is 1.78. The molecule has 1 aromatic heterocycles. The molecule has 29 heavy (non-hydrogen) atoms. The summed E-state index contributed by atoms with van der Waals surface area (Å²) in [5.74, 6) is -0.0554. The minimum Gasteiger partial charge on any atom is -1.00 e. The van der Waals surface area contributed by atoms with Gasteiger partial charge in [0.05, 0.1) is 11.4 Å². The zero-order valence-electron chi connectivity index (χ0n) is 15.2. The van der Waals surface area contributed by atoms with Crippen molar-refractivity contribution in [3.63, 3.8) is 0 Å². The predicted octanol–water partition coefficient (Wildman–Crippen LogP) is 1.92. The largest absolute Gasteiger partial charge is 2.00 e. The normalized spacial score (nSPS) is 9.62. The van der Waals surface area contributed by atoms with Gasteiger partial charge in [0.25, 0.3) is 5.56 Å². The molecule has 0 aliphatic heterocycles. The quantitative estimate of drug-likeness (QED) is 0.261. The average Bonchev–Trinajstić information content (AvgIpc) is 2.86. The Labute approximate surface area is 193 Å². The number of halogens is 2. The van der Waals surface area contributed by atoms with E-state index in [9.17, 15) is 9.90 Å². The zero-order valence-corrected chi connectivity index (χ0v) is 18.5. The Morgan fingerprint density at radius 2 is 1.76 bits per heavy atom. The molecule has 7 nitrogen and oxygen atoms in total. The summed E-state index contributed by atoms with van der Waals surface area (Å²) in [6.07, 6.45) is 0. The predicted molar refractivity (Wildman–Crippen MR) is 109 cm³/mol. The molecule has 1 heterocycles. The van der Waals surface area contributed by atoms with Crippen LogP contribution in [0.25, 0.3) is 11.1 Å². The first-order valence-corrected chi connectivity index (χ1v) is 8.44. The smallest absolute Gasteiger partial charge is 1.00 e. The van der Waals surface area contributed by atoms with E-state index < -0.39 is 0 Å². The second kappa shape index (κ2) is 12.3. The number of thiocarbonyl (C=S) groups is 1. The number of hydrogen-bond acceptors (Lipinski definition) is 5. The third-order valence-corrected chi connectivity index (χ3v) is 3.95. The molecule has 3 aromatic rings. The van der Waals surface area contributed by atoms with Crippen LogP contribution in [0, 0.1) is 6.92 Å². The average molecular weight is 495 g/mol. The van der Waals surface area contributed by atoms with Crippen LogP contribution in [0.1, 0.15) is 5.69 Å². The fraction of sp³-hybridized carbons (Fsp3) is 0.111. The first kappa shape index (κ1) is 26.7. The van der Waals surface area contributed by atoms with Gasteiger partial charge in [0, 0.05) is 12.1 Å². The molecule has 0 amide bonds. The van der Waals surface area contributed by atoms with Gasteiger partial charge in [-0.15, -0.1) is 10.2 Å². The molecule has 1 N–H and O–H groups in total. The Balaban J connectivity index is 0.00000148. The summed E-state index contributed by atoms with van der Waals surface area (Å²) in [5.41, 5.74) is 1.53. The summed E-state index contributed by atoms with van der Waals surface area (Å²) in [5, 5.41) is 26.7. The van der Waals surface area contributed by atoms with Crippen molar-refractivity contribution in [3.05, 3.63) is 75.0 Å². The standard InChI is InChI=1S/C17H15ClN4O2.CNS.ClH.Ni/c1-11-16(20-19-14-10-12(18)8-9-15(14)23)17(24)22(21(11)2)13-6-4-3-5-7-13;2-1-3;;/h3-10,23H,1-2H3;;1H;/q;-1;;+2/p-1. The monoisotopic (exact) mass is 493 g/mol. The fourth-order valence-electron chi connectivity index (χ4n) is 2.35. The Morgan fingerprint density at radius 3 is 2.34 bits per heavy atom. The molecule has 0 aliphatic rings. The molecule has 2 aromatic carbocycles. The van der Waals surface area contributed by atoms with Crippen LogP contribution in [-0.4, -0.2) is 19.6 Å². The fourth-order valence-corrected chi connectivity index (χ4v) is 2.52. The Morgan fingerprint density at radius 1 is 1.17 bits per heavy atom. The van der Waals surface area contributed by atoms with E-state index in [1.165, 1.54) is 22.0 Å². The van der Waals surface area contributed by atoms with Crippen molar-refractivity contribution in [1.82, 2.24) is 9.36 Å². The van der Waals surface area contributed by atoms with Crippen LogP contribution in [0.4, 0.5) is 11.4 Å². The third kappa shape index (κ3) is 6.36. The molecule has 154 valence electrons. The maximum atomic E-state index is 12.7. The van der Waals surface area contributed by atoms with Crippen LogP contribution < -0.4 is 18.0 Å². The number of rotatable bonds is 3. The molecule has 0 bridgehead atoms. The molecule has 0 spiro atoms. The van der Waals surface area contributed by atoms with Gasteiger partial charge in [0.15, 0.2) is 5.69 Å². The van der Waals surface area contributed by atoms with E-state index in [1.807, 2.05) is 30.3 Å². The number of para-hydroxylation sites is 1. The van der Waals surface area contributed by atoms with E-state index in [-0.39, 0.29) is 51.6 Å². The minimum absolute atomic E-state index is 0. The van der Waals surface area contributed by atoms with E-state index in [0.29, 0.717) is 10.7 Å². The maximum Gasteiger partial charge on any atom is 2.00 e. The molecule has 0 saturated heterocycles. The van der Waals surface area contributed by atoms with Crippen molar-refractivity contribution in [2.24, 2.45) is 17.3 Å². The molecule has 0 saturated carbocycles. The van der Waals surface area contributed by atoms with E-state index in [1.54, 1.807) is 24.7 Å². The van der Waals surface area contributed by atoms with Gasteiger partial charge < -0.3 is 22.9 Å². The zero-order chi connectivity index (χ0) is 20.0. The van der Waals surface area contributed by atoms with Gasteiger partial charge in [-0.3, -0.25) is 9.48 Å². The summed E-state index contributed by atoms with van der Waals surface area (Å²) >= 11 is 9.59. The van der Waals surface area contributed by atoms with Crippen molar-refractivity contribution < 1.29 is 34.0 Å². The van der Waals surface area contributed by atoms with Gasteiger partial charge in [-0.05, 0) is 37.3 Å². The second-order valence-corrected chi connectivity index (χ2v) is 5.95. The number of azo groups is 1.